The fourth-order valence-corrected chi connectivity index (χ4v) is 3.12. The van der Waals surface area contributed by atoms with E-state index in [1.807, 2.05) is 19.1 Å². The van der Waals surface area contributed by atoms with Gasteiger partial charge in [0.15, 0.2) is 17.1 Å². The van der Waals surface area contributed by atoms with Gasteiger partial charge in [-0.15, -0.1) is 0 Å². The van der Waals surface area contributed by atoms with Gasteiger partial charge in [-0.25, -0.2) is 4.98 Å². The van der Waals surface area contributed by atoms with Crippen LogP contribution in [0.1, 0.15) is 41.5 Å². The number of carbonyl (C=O) groups excluding carboxylic acids is 1. The molecule has 29 heavy (non-hydrogen) atoms. The smallest absolute Gasteiger partial charge is 0.257 e. The van der Waals surface area contributed by atoms with Crippen LogP contribution < -0.4 is 19.5 Å². The lowest BCUT2D eigenvalue weighted by Gasteiger charge is -2.14. The highest BCUT2D eigenvalue weighted by Gasteiger charge is 2.18. The summed E-state index contributed by atoms with van der Waals surface area (Å²) in [6.07, 6.45) is 2.93. The molecule has 0 unspecified atom stereocenters. The molecule has 8 heteroatoms. The second-order valence-corrected chi connectivity index (χ2v) is 6.66. The van der Waals surface area contributed by atoms with Crippen molar-refractivity contribution in [2.45, 2.75) is 33.1 Å². The van der Waals surface area contributed by atoms with Crippen LogP contribution in [0.5, 0.6) is 17.2 Å². The summed E-state index contributed by atoms with van der Waals surface area (Å²) < 4.78 is 17.6. The van der Waals surface area contributed by atoms with Crippen LogP contribution in [0.15, 0.2) is 24.3 Å². The van der Waals surface area contributed by atoms with Gasteiger partial charge in [0, 0.05) is 23.4 Å². The third-order valence-electron chi connectivity index (χ3n) is 4.56. The molecule has 8 nitrogen and oxygen atoms in total. The van der Waals surface area contributed by atoms with Crippen LogP contribution in [0.25, 0.3) is 5.65 Å². The van der Waals surface area contributed by atoms with Gasteiger partial charge in [-0.05, 0) is 31.9 Å². The Balaban J connectivity index is 1.99. The number of ether oxygens (including phenoxy) is 3. The summed E-state index contributed by atoms with van der Waals surface area (Å²) in [5.74, 6) is 1.51. The van der Waals surface area contributed by atoms with Crippen LogP contribution in [0.3, 0.4) is 0 Å². The van der Waals surface area contributed by atoms with Crippen molar-refractivity contribution in [1.82, 2.24) is 14.6 Å². The molecule has 1 N–H and O–H groups in total. The minimum atomic E-state index is -0.314. The summed E-state index contributed by atoms with van der Waals surface area (Å²) in [5, 5.41) is 7.39. The number of methoxy groups -OCH3 is 3. The number of aromatic nitrogens is 3. The molecule has 0 radical (unpaired) electrons. The molecule has 0 saturated carbocycles. The van der Waals surface area contributed by atoms with Gasteiger partial charge in [-0.2, -0.15) is 9.61 Å². The summed E-state index contributed by atoms with van der Waals surface area (Å²) in [5.41, 5.74) is 2.83. The summed E-state index contributed by atoms with van der Waals surface area (Å²) in [6, 6.07) is 6.98. The van der Waals surface area contributed by atoms with Crippen molar-refractivity contribution in [3.8, 4) is 17.2 Å². The van der Waals surface area contributed by atoms with Crippen LogP contribution in [-0.4, -0.2) is 41.8 Å². The fraction of sp³-hybridized carbons (Fsp3) is 0.381. The zero-order valence-electron chi connectivity index (χ0n) is 17.4. The number of aryl methyl sites for hydroxylation is 2. The Morgan fingerprint density at radius 2 is 1.76 bits per heavy atom. The van der Waals surface area contributed by atoms with Crippen molar-refractivity contribution in [2.75, 3.05) is 26.6 Å². The Bertz CT molecular complexity index is 1000. The van der Waals surface area contributed by atoms with Crippen LogP contribution in [0, 0.1) is 6.92 Å². The van der Waals surface area contributed by atoms with E-state index in [2.05, 4.69) is 22.3 Å². The Morgan fingerprint density at radius 1 is 1.07 bits per heavy atom. The number of anilines is 1. The van der Waals surface area contributed by atoms with Crippen molar-refractivity contribution >= 4 is 17.4 Å². The van der Waals surface area contributed by atoms with E-state index in [0.717, 1.165) is 30.7 Å². The lowest BCUT2D eigenvalue weighted by Crippen LogP contribution is -2.16. The summed E-state index contributed by atoms with van der Waals surface area (Å²) in [6.45, 7) is 4.03. The summed E-state index contributed by atoms with van der Waals surface area (Å²) in [4.78, 5) is 17.6. The maximum absolute atomic E-state index is 13.0. The molecule has 0 aliphatic heterocycles. The van der Waals surface area contributed by atoms with E-state index < -0.39 is 0 Å². The fourth-order valence-electron chi connectivity index (χ4n) is 3.12. The monoisotopic (exact) mass is 398 g/mol. The molecule has 0 spiro atoms. The molecule has 0 aliphatic carbocycles. The normalized spacial score (nSPS) is 10.8. The molecule has 3 rings (SSSR count). The number of unbranched alkanes of at least 4 members (excludes halogenated alkanes) is 1. The van der Waals surface area contributed by atoms with Crippen LogP contribution in [0.4, 0.5) is 5.82 Å². The number of rotatable bonds is 8. The van der Waals surface area contributed by atoms with Gasteiger partial charge in [0.2, 0.25) is 5.75 Å². The van der Waals surface area contributed by atoms with Gasteiger partial charge in [-0.3, -0.25) is 4.79 Å². The van der Waals surface area contributed by atoms with E-state index in [1.54, 1.807) is 16.6 Å². The van der Waals surface area contributed by atoms with E-state index in [0.29, 0.717) is 34.3 Å². The predicted octanol–water partition coefficient (Wildman–Crippen LogP) is 3.66. The molecule has 1 aromatic carbocycles. The SMILES string of the molecule is CCCCc1cc(NC(=O)c2cc(OC)c(OC)c(OC)c2)n2nc(C)cc2n1. The molecule has 0 fully saturated rings. The molecule has 0 bridgehead atoms. The van der Waals surface area contributed by atoms with Crippen molar-refractivity contribution in [3.05, 3.63) is 41.2 Å². The summed E-state index contributed by atoms with van der Waals surface area (Å²) >= 11 is 0. The van der Waals surface area contributed by atoms with Crippen LogP contribution in [0.2, 0.25) is 0 Å². The molecular weight excluding hydrogens is 372 g/mol. The largest absolute Gasteiger partial charge is 0.493 e. The quantitative estimate of drug-likeness (QED) is 0.623. The van der Waals surface area contributed by atoms with Crippen molar-refractivity contribution in [1.29, 1.82) is 0 Å². The average molecular weight is 398 g/mol. The highest BCUT2D eigenvalue weighted by Crippen LogP contribution is 2.38. The van der Waals surface area contributed by atoms with E-state index in [1.165, 1.54) is 21.3 Å². The van der Waals surface area contributed by atoms with Gasteiger partial charge in [0.25, 0.3) is 5.91 Å². The third-order valence-corrected chi connectivity index (χ3v) is 4.56. The lowest BCUT2D eigenvalue weighted by atomic mass is 10.1. The topological polar surface area (TPSA) is 87.0 Å². The molecule has 0 atom stereocenters. The Labute approximate surface area is 169 Å². The molecule has 1 amide bonds. The van der Waals surface area contributed by atoms with Gasteiger partial charge in [0.05, 0.1) is 27.0 Å². The van der Waals surface area contributed by atoms with E-state index in [4.69, 9.17) is 14.2 Å². The van der Waals surface area contributed by atoms with Gasteiger partial charge < -0.3 is 19.5 Å². The summed E-state index contributed by atoms with van der Waals surface area (Å²) in [7, 11) is 4.54. The highest BCUT2D eigenvalue weighted by molar-refractivity contribution is 6.04. The zero-order valence-corrected chi connectivity index (χ0v) is 17.4. The van der Waals surface area contributed by atoms with Crippen molar-refractivity contribution in [2.24, 2.45) is 0 Å². The second-order valence-electron chi connectivity index (χ2n) is 6.66. The number of fused-ring (bicyclic) bond motifs is 1. The number of hydrogen-bond donors (Lipinski definition) is 1. The number of amides is 1. The number of carbonyl (C=O) groups is 1. The number of nitrogens with zero attached hydrogens (tertiary/aromatic N) is 3. The molecule has 0 aliphatic rings. The highest BCUT2D eigenvalue weighted by atomic mass is 16.5. The van der Waals surface area contributed by atoms with Gasteiger partial charge in [-0.1, -0.05) is 13.3 Å². The number of hydrogen-bond acceptors (Lipinski definition) is 6. The van der Waals surface area contributed by atoms with E-state index in [-0.39, 0.29) is 5.91 Å². The maximum atomic E-state index is 13.0. The first-order valence-corrected chi connectivity index (χ1v) is 9.48. The van der Waals surface area contributed by atoms with Crippen LogP contribution >= 0.6 is 0 Å². The van der Waals surface area contributed by atoms with Gasteiger partial charge in [0.1, 0.15) is 5.82 Å². The molecule has 0 saturated heterocycles. The van der Waals surface area contributed by atoms with Crippen molar-refractivity contribution in [3.63, 3.8) is 0 Å². The van der Waals surface area contributed by atoms with Crippen LogP contribution in [-0.2, 0) is 6.42 Å². The molecule has 3 aromatic rings. The first-order valence-electron chi connectivity index (χ1n) is 9.48. The lowest BCUT2D eigenvalue weighted by molar-refractivity contribution is 0.102. The first kappa shape index (κ1) is 20.4. The van der Waals surface area contributed by atoms with Gasteiger partial charge >= 0.3 is 0 Å². The first-order chi connectivity index (χ1) is 14.0. The van der Waals surface area contributed by atoms with E-state index >= 15 is 0 Å². The molecule has 154 valence electrons. The minimum Gasteiger partial charge on any atom is -0.493 e. The molecule has 2 heterocycles. The standard InChI is InChI=1S/C21H26N4O4/c1-6-7-8-15-12-19(25-18(22-15)9-13(2)24-25)23-21(26)14-10-16(27-3)20(29-5)17(11-14)28-4/h9-12H,6-8H2,1-5H3,(H,23,26). The minimum absolute atomic E-state index is 0.314. The zero-order chi connectivity index (χ0) is 21.0. The Hall–Kier alpha value is -3.29. The maximum Gasteiger partial charge on any atom is 0.257 e. The average Bonchev–Trinajstić information content (AvgIpc) is 3.11. The van der Waals surface area contributed by atoms with Crippen molar-refractivity contribution < 1.29 is 19.0 Å². The predicted molar refractivity (Wildman–Crippen MR) is 110 cm³/mol. The Kier molecular flexibility index (Phi) is 6.21. The molecular formula is C21H26N4O4. The molecule has 2 aromatic heterocycles. The number of benzene rings is 1. The Morgan fingerprint density at radius 3 is 2.34 bits per heavy atom. The third kappa shape index (κ3) is 4.26. The number of nitrogens with one attached hydrogen (secondary N) is 1. The van der Waals surface area contributed by atoms with E-state index in [9.17, 15) is 4.79 Å². The second kappa shape index (κ2) is 8.81.